The molecule has 2 aromatic carbocycles. The van der Waals surface area contributed by atoms with Gasteiger partial charge in [-0.2, -0.15) is 0 Å². The summed E-state index contributed by atoms with van der Waals surface area (Å²) < 4.78 is 13.3. The van der Waals surface area contributed by atoms with Gasteiger partial charge in [0.25, 0.3) is 0 Å². The first kappa shape index (κ1) is 18.9. The van der Waals surface area contributed by atoms with Gasteiger partial charge in [0.1, 0.15) is 6.17 Å². The molecule has 0 saturated heterocycles. The summed E-state index contributed by atoms with van der Waals surface area (Å²) in [6, 6.07) is 17.7. The first-order valence-electron chi connectivity index (χ1n) is 10.3. The molecule has 138 valence electrons. The van der Waals surface area contributed by atoms with Gasteiger partial charge in [-0.15, -0.1) is 0 Å². The molecule has 1 aliphatic carbocycles. The van der Waals surface area contributed by atoms with Crippen molar-refractivity contribution in [1.82, 2.24) is 0 Å². The fourth-order valence-electron chi connectivity index (χ4n) is 3.85. The Morgan fingerprint density at radius 3 is 2.08 bits per heavy atom. The molecule has 0 bridgehead atoms. The van der Waals surface area contributed by atoms with Gasteiger partial charge in [-0.1, -0.05) is 80.4 Å². The molecule has 26 heavy (non-hydrogen) atoms. The molecule has 0 amide bonds. The van der Waals surface area contributed by atoms with Crippen molar-refractivity contribution in [1.29, 1.82) is 0 Å². The van der Waals surface area contributed by atoms with Crippen molar-refractivity contribution in [2.75, 3.05) is 0 Å². The lowest BCUT2D eigenvalue weighted by Crippen LogP contribution is -2.13. The Hall–Kier alpha value is -1.89. The number of allylic oxidation sites excluding steroid dienone is 1. The highest BCUT2D eigenvalue weighted by molar-refractivity contribution is 5.66. The van der Waals surface area contributed by atoms with E-state index in [9.17, 15) is 4.39 Å². The summed E-state index contributed by atoms with van der Waals surface area (Å²) in [5.74, 6) is 0.538. The normalized spacial score (nSPS) is 20.5. The third kappa shape index (κ3) is 5.30. The van der Waals surface area contributed by atoms with Crippen LogP contribution in [-0.2, 0) is 0 Å². The summed E-state index contributed by atoms with van der Waals surface area (Å²) in [6.45, 7) is 2.24. The summed E-state index contributed by atoms with van der Waals surface area (Å²) in [5.41, 5.74) is 5.15. The molecule has 0 unspecified atom stereocenters. The zero-order chi connectivity index (χ0) is 18.2. The van der Waals surface area contributed by atoms with Crippen LogP contribution in [0.2, 0.25) is 0 Å². The Morgan fingerprint density at radius 2 is 1.46 bits per heavy atom. The quantitative estimate of drug-likeness (QED) is 0.444. The molecule has 0 nitrogen and oxygen atoms in total. The van der Waals surface area contributed by atoms with Gasteiger partial charge in [0.05, 0.1) is 0 Å². The van der Waals surface area contributed by atoms with Gasteiger partial charge >= 0.3 is 0 Å². The highest BCUT2D eigenvalue weighted by atomic mass is 19.1. The summed E-state index contributed by atoms with van der Waals surface area (Å²) in [7, 11) is 0. The van der Waals surface area contributed by atoms with E-state index in [1.165, 1.54) is 47.9 Å². The number of hydrogen-bond acceptors (Lipinski definition) is 0. The monoisotopic (exact) mass is 350 g/mol. The molecule has 1 saturated carbocycles. The van der Waals surface area contributed by atoms with Crippen LogP contribution in [0, 0.1) is 0 Å². The number of rotatable bonds is 7. The number of halogens is 1. The van der Waals surface area contributed by atoms with Crippen LogP contribution in [0.1, 0.15) is 75.3 Å². The zero-order valence-electron chi connectivity index (χ0n) is 16.0. The van der Waals surface area contributed by atoms with Gasteiger partial charge in [-0.05, 0) is 66.7 Å². The first-order valence-corrected chi connectivity index (χ1v) is 10.3. The molecule has 3 rings (SSSR count). The fraction of sp³-hybridized carbons (Fsp3) is 0.440. The van der Waals surface area contributed by atoms with E-state index in [4.69, 9.17) is 0 Å². The molecule has 0 heterocycles. The van der Waals surface area contributed by atoms with Crippen molar-refractivity contribution in [2.24, 2.45) is 0 Å². The minimum Gasteiger partial charge on any atom is -0.247 e. The van der Waals surface area contributed by atoms with Gasteiger partial charge in [0.15, 0.2) is 0 Å². The van der Waals surface area contributed by atoms with E-state index in [1.807, 2.05) is 0 Å². The van der Waals surface area contributed by atoms with E-state index in [-0.39, 0.29) is 0 Å². The number of hydrogen-bond donors (Lipinski definition) is 0. The lowest BCUT2D eigenvalue weighted by molar-refractivity contribution is 0.235. The average molecular weight is 351 g/mol. The largest absolute Gasteiger partial charge is 0.247 e. The van der Waals surface area contributed by atoms with Crippen LogP contribution in [0.3, 0.4) is 0 Å². The Labute approximate surface area is 158 Å². The van der Waals surface area contributed by atoms with Crippen molar-refractivity contribution in [2.45, 2.75) is 70.4 Å². The predicted octanol–water partition coefficient (Wildman–Crippen LogP) is 7.94. The topological polar surface area (TPSA) is 0 Å². The van der Waals surface area contributed by atoms with E-state index >= 15 is 0 Å². The SMILES string of the molecule is CCCCCC=Cc1ccc(-c2ccc([C@H]3CC[C@H](F)CC3)cc2)cc1. The Morgan fingerprint density at radius 1 is 0.846 bits per heavy atom. The number of benzene rings is 2. The maximum absolute atomic E-state index is 13.3. The van der Waals surface area contributed by atoms with Crippen molar-refractivity contribution < 1.29 is 4.39 Å². The van der Waals surface area contributed by atoms with E-state index in [0.717, 1.165) is 25.7 Å². The summed E-state index contributed by atoms with van der Waals surface area (Å²) in [4.78, 5) is 0. The van der Waals surface area contributed by atoms with Crippen molar-refractivity contribution in [3.05, 3.63) is 65.7 Å². The molecular formula is C25H31F. The molecule has 0 atom stereocenters. The molecule has 0 spiro atoms. The fourth-order valence-corrected chi connectivity index (χ4v) is 3.85. The van der Waals surface area contributed by atoms with Crippen LogP contribution in [-0.4, -0.2) is 6.17 Å². The highest BCUT2D eigenvalue weighted by Gasteiger charge is 2.21. The average Bonchev–Trinajstić information content (AvgIpc) is 2.69. The van der Waals surface area contributed by atoms with Gasteiger partial charge < -0.3 is 0 Å². The third-order valence-corrected chi connectivity index (χ3v) is 5.57. The van der Waals surface area contributed by atoms with Crippen LogP contribution in [0.25, 0.3) is 17.2 Å². The number of alkyl halides is 1. The van der Waals surface area contributed by atoms with Gasteiger partial charge in [-0.3, -0.25) is 0 Å². The Bertz CT molecular complexity index is 673. The maximum atomic E-state index is 13.3. The molecule has 0 N–H and O–H groups in total. The van der Waals surface area contributed by atoms with Crippen LogP contribution >= 0.6 is 0 Å². The first-order chi connectivity index (χ1) is 12.8. The smallest absolute Gasteiger partial charge is 0.100 e. The van der Waals surface area contributed by atoms with Crippen LogP contribution in [0.15, 0.2) is 54.6 Å². The third-order valence-electron chi connectivity index (χ3n) is 5.57. The van der Waals surface area contributed by atoms with Crippen LogP contribution < -0.4 is 0 Å². The molecular weight excluding hydrogens is 319 g/mol. The lowest BCUT2D eigenvalue weighted by atomic mass is 9.83. The predicted molar refractivity (Wildman–Crippen MR) is 111 cm³/mol. The zero-order valence-corrected chi connectivity index (χ0v) is 16.0. The summed E-state index contributed by atoms with van der Waals surface area (Å²) in [6.07, 6.45) is 12.4. The molecule has 0 radical (unpaired) electrons. The molecule has 0 aliphatic heterocycles. The van der Waals surface area contributed by atoms with Crippen LogP contribution in [0.4, 0.5) is 4.39 Å². The van der Waals surface area contributed by atoms with Crippen LogP contribution in [0.5, 0.6) is 0 Å². The van der Waals surface area contributed by atoms with Crippen molar-refractivity contribution in [3.8, 4) is 11.1 Å². The molecule has 0 aromatic heterocycles. The standard InChI is InChI=1S/C25H31F/c1-2-3-4-5-6-7-20-8-10-21(11-9-20)22-12-14-23(15-13-22)24-16-18-25(26)19-17-24/h6-15,24-25H,2-5,16-19H2,1H3/t24-,25-. The summed E-state index contributed by atoms with van der Waals surface area (Å²) >= 11 is 0. The minimum absolute atomic E-state index is 0.538. The molecule has 1 aliphatic rings. The lowest BCUT2D eigenvalue weighted by Gasteiger charge is -2.24. The van der Waals surface area contributed by atoms with E-state index in [1.54, 1.807) is 0 Å². The van der Waals surface area contributed by atoms with E-state index < -0.39 is 6.17 Å². The minimum atomic E-state index is -0.579. The number of unbranched alkanes of at least 4 members (excludes halogenated alkanes) is 3. The van der Waals surface area contributed by atoms with Gasteiger partial charge in [0.2, 0.25) is 0 Å². The van der Waals surface area contributed by atoms with Gasteiger partial charge in [-0.25, -0.2) is 4.39 Å². The molecule has 1 heteroatoms. The van der Waals surface area contributed by atoms with Crippen molar-refractivity contribution >= 4 is 6.08 Å². The second-order valence-electron chi connectivity index (χ2n) is 7.59. The Balaban J connectivity index is 1.58. The molecule has 1 fully saturated rings. The van der Waals surface area contributed by atoms with Crippen molar-refractivity contribution in [3.63, 3.8) is 0 Å². The molecule has 2 aromatic rings. The highest BCUT2D eigenvalue weighted by Crippen LogP contribution is 2.34. The van der Waals surface area contributed by atoms with E-state index in [2.05, 4.69) is 67.6 Å². The summed E-state index contributed by atoms with van der Waals surface area (Å²) in [5, 5.41) is 0. The van der Waals surface area contributed by atoms with E-state index in [0.29, 0.717) is 5.92 Å². The van der Waals surface area contributed by atoms with Gasteiger partial charge in [0, 0.05) is 0 Å². The second kappa shape index (κ2) is 9.71. The maximum Gasteiger partial charge on any atom is 0.100 e. The second-order valence-corrected chi connectivity index (χ2v) is 7.59. The Kier molecular flexibility index (Phi) is 7.05.